The van der Waals surface area contributed by atoms with Gasteiger partial charge in [0.2, 0.25) is 0 Å². The highest BCUT2D eigenvalue weighted by Crippen LogP contribution is 2.20. The molecule has 138 valence electrons. The van der Waals surface area contributed by atoms with Gasteiger partial charge in [0.25, 0.3) is 5.91 Å². The second-order valence-electron chi connectivity index (χ2n) is 6.08. The molecule has 2 rings (SSSR count). The fraction of sp³-hybridized carbons (Fsp3) is 0.350. The molecule has 6 heteroatoms. The smallest absolute Gasteiger partial charge is 0.307 e. The number of rotatable bonds is 8. The molecule has 0 aliphatic rings. The van der Waals surface area contributed by atoms with Crippen LogP contribution >= 0.6 is 0 Å². The van der Waals surface area contributed by atoms with Gasteiger partial charge in [0, 0.05) is 36.2 Å². The minimum atomic E-state index is -0.316. The summed E-state index contributed by atoms with van der Waals surface area (Å²) in [7, 11) is 0. The van der Waals surface area contributed by atoms with Crippen LogP contribution in [0.1, 0.15) is 41.8 Å². The van der Waals surface area contributed by atoms with Crippen molar-refractivity contribution >= 4 is 17.6 Å². The van der Waals surface area contributed by atoms with Crippen LogP contribution in [-0.4, -0.2) is 29.5 Å². The summed E-state index contributed by atoms with van der Waals surface area (Å²) in [5, 5.41) is 6.18. The van der Waals surface area contributed by atoms with Crippen LogP contribution in [0.5, 0.6) is 0 Å². The highest BCUT2D eigenvalue weighted by Gasteiger charge is 2.16. The quantitative estimate of drug-likeness (QED) is 0.711. The van der Waals surface area contributed by atoms with E-state index in [1.807, 2.05) is 31.2 Å². The van der Waals surface area contributed by atoms with Gasteiger partial charge in [-0.25, -0.2) is 0 Å². The standard InChI is InChI=1S/C20H25N3O3/c1-4-26-19(24)11-14(2)23-20(25)17-8-5-9-18(15(17)3)22-13-16-7-6-10-21-12-16/h5-10,12,14,22H,4,11,13H2,1-3H3,(H,23,25). The van der Waals surface area contributed by atoms with Gasteiger partial charge in [0.05, 0.1) is 13.0 Å². The van der Waals surface area contributed by atoms with E-state index in [2.05, 4.69) is 15.6 Å². The molecule has 2 N–H and O–H groups in total. The van der Waals surface area contributed by atoms with Crippen LogP contribution in [0.15, 0.2) is 42.7 Å². The third kappa shape index (κ3) is 5.58. The average molecular weight is 355 g/mol. The molecule has 1 heterocycles. The molecule has 0 fully saturated rings. The van der Waals surface area contributed by atoms with Crippen molar-refractivity contribution in [2.45, 2.75) is 39.8 Å². The van der Waals surface area contributed by atoms with Gasteiger partial charge in [0.1, 0.15) is 0 Å². The maximum absolute atomic E-state index is 12.5. The fourth-order valence-corrected chi connectivity index (χ4v) is 2.60. The highest BCUT2D eigenvalue weighted by atomic mass is 16.5. The zero-order chi connectivity index (χ0) is 18.9. The molecule has 0 bridgehead atoms. The van der Waals surface area contributed by atoms with E-state index in [-0.39, 0.29) is 24.3 Å². The molecule has 0 aliphatic carbocycles. The summed E-state index contributed by atoms with van der Waals surface area (Å²) in [5.74, 6) is -0.520. The summed E-state index contributed by atoms with van der Waals surface area (Å²) < 4.78 is 4.91. The first-order valence-electron chi connectivity index (χ1n) is 8.70. The number of pyridine rings is 1. The zero-order valence-corrected chi connectivity index (χ0v) is 15.4. The normalized spacial score (nSPS) is 11.5. The van der Waals surface area contributed by atoms with Crippen LogP contribution in [0.2, 0.25) is 0 Å². The number of carbonyl (C=O) groups excluding carboxylic acids is 2. The number of hydrogen-bond donors (Lipinski definition) is 2. The van der Waals surface area contributed by atoms with E-state index < -0.39 is 0 Å². The number of anilines is 1. The molecule has 0 radical (unpaired) electrons. The number of benzene rings is 1. The maximum Gasteiger partial charge on any atom is 0.307 e. The van der Waals surface area contributed by atoms with Crippen molar-refractivity contribution in [1.29, 1.82) is 0 Å². The maximum atomic E-state index is 12.5. The topological polar surface area (TPSA) is 80.3 Å². The number of nitrogens with one attached hydrogen (secondary N) is 2. The Morgan fingerprint density at radius 1 is 1.23 bits per heavy atom. The van der Waals surface area contributed by atoms with Gasteiger partial charge in [-0.1, -0.05) is 12.1 Å². The lowest BCUT2D eigenvalue weighted by Crippen LogP contribution is -2.35. The number of amides is 1. The predicted molar refractivity (Wildman–Crippen MR) is 101 cm³/mol. The van der Waals surface area contributed by atoms with Gasteiger partial charge in [-0.2, -0.15) is 0 Å². The molecule has 0 spiro atoms. The van der Waals surface area contributed by atoms with Crippen LogP contribution < -0.4 is 10.6 Å². The molecule has 0 saturated heterocycles. The average Bonchev–Trinajstić information content (AvgIpc) is 2.61. The minimum Gasteiger partial charge on any atom is -0.466 e. The second-order valence-corrected chi connectivity index (χ2v) is 6.08. The van der Waals surface area contributed by atoms with E-state index >= 15 is 0 Å². The van der Waals surface area contributed by atoms with E-state index in [1.54, 1.807) is 32.3 Å². The summed E-state index contributed by atoms with van der Waals surface area (Å²) in [5.41, 5.74) is 3.39. The molecule has 0 saturated carbocycles. The van der Waals surface area contributed by atoms with Crippen molar-refractivity contribution < 1.29 is 14.3 Å². The Bertz CT molecular complexity index is 747. The van der Waals surface area contributed by atoms with E-state index in [9.17, 15) is 9.59 Å². The highest BCUT2D eigenvalue weighted by molar-refractivity contribution is 5.97. The second kappa shape index (κ2) is 9.56. The largest absolute Gasteiger partial charge is 0.466 e. The van der Waals surface area contributed by atoms with Crippen molar-refractivity contribution in [3.05, 3.63) is 59.4 Å². The molecule has 1 atom stereocenters. The first-order chi connectivity index (χ1) is 12.5. The summed E-state index contributed by atoms with van der Waals surface area (Å²) >= 11 is 0. The van der Waals surface area contributed by atoms with E-state index in [0.717, 1.165) is 16.8 Å². The number of hydrogen-bond acceptors (Lipinski definition) is 5. The van der Waals surface area contributed by atoms with Crippen LogP contribution in [0.4, 0.5) is 5.69 Å². The summed E-state index contributed by atoms with van der Waals surface area (Å²) in [6.45, 7) is 6.40. The Kier molecular flexibility index (Phi) is 7.14. The molecular formula is C20H25N3O3. The summed E-state index contributed by atoms with van der Waals surface area (Å²) in [4.78, 5) is 28.2. The van der Waals surface area contributed by atoms with Gasteiger partial charge in [-0.05, 0) is 50.1 Å². The Hall–Kier alpha value is -2.89. The molecule has 2 aromatic rings. The van der Waals surface area contributed by atoms with Crippen molar-refractivity contribution in [1.82, 2.24) is 10.3 Å². The van der Waals surface area contributed by atoms with Crippen molar-refractivity contribution in [2.75, 3.05) is 11.9 Å². The first kappa shape index (κ1) is 19.4. The molecule has 6 nitrogen and oxygen atoms in total. The Morgan fingerprint density at radius 2 is 2.04 bits per heavy atom. The Labute approximate surface area is 154 Å². The van der Waals surface area contributed by atoms with Crippen LogP contribution in [0.3, 0.4) is 0 Å². The zero-order valence-electron chi connectivity index (χ0n) is 15.4. The first-order valence-corrected chi connectivity index (χ1v) is 8.70. The Morgan fingerprint density at radius 3 is 2.73 bits per heavy atom. The monoisotopic (exact) mass is 355 g/mol. The van der Waals surface area contributed by atoms with Gasteiger partial charge < -0.3 is 15.4 Å². The number of esters is 1. The third-order valence-corrected chi connectivity index (χ3v) is 3.94. The van der Waals surface area contributed by atoms with Crippen LogP contribution in [-0.2, 0) is 16.1 Å². The predicted octanol–water partition coefficient (Wildman–Crippen LogP) is 3.07. The third-order valence-electron chi connectivity index (χ3n) is 3.94. The van der Waals surface area contributed by atoms with E-state index in [4.69, 9.17) is 4.74 Å². The number of nitrogens with zero attached hydrogens (tertiary/aromatic N) is 1. The van der Waals surface area contributed by atoms with Gasteiger partial charge in [0.15, 0.2) is 0 Å². The van der Waals surface area contributed by atoms with Crippen molar-refractivity contribution in [3.63, 3.8) is 0 Å². The number of aromatic nitrogens is 1. The van der Waals surface area contributed by atoms with Crippen LogP contribution in [0.25, 0.3) is 0 Å². The van der Waals surface area contributed by atoms with Crippen molar-refractivity contribution in [3.8, 4) is 0 Å². The van der Waals surface area contributed by atoms with E-state index in [0.29, 0.717) is 18.7 Å². The molecule has 0 aliphatic heterocycles. The molecular weight excluding hydrogens is 330 g/mol. The summed E-state index contributed by atoms with van der Waals surface area (Å²) in [6, 6.07) is 9.13. The lowest BCUT2D eigenvalue weighted by Gasteiger charge is -2.16. The minimum absolute atomic E-state index is 0.150. The van der Waals surface area contributed by atoms with Gasteiger partial charge >= 0.3 is 5.97 Å². The number of ether oxygens (including phenoxy) is 1. The lowest BCUT2D eigenvalue weighted by molar-refractivity contribution is -0.143. The van der Waals surface area contributed by atoms with Crippen molar-refractivity contribution in [2.24, 2.45) is 0 Å². The van der Waals surface area contributed by atoms with E-state index in [1.165, 1.54) is 0 Å². The van der Waals surface area contributed by atoms with Gasteiger partial charge in [-0.15, -0.1) is 0 Å². The summed E-state index contributed by atoms with van der Waals surface area (Å²) in [6.07, 6.45) is 3.69. The Balaban J connectivity index is 2.00. The SMILES string of the molecule is CCOC(=O)CC(C)NC(=O)c1cccc(NCc2cccnc2)c1C. The molecule has 1 aromatic carbocycles. The number of carbonyl (C=O) groups is 2. The lowest BCUT2D eigenvalue weighted by atomic mass is 10.0. The van der Waals surface area contributed by atoms with Gasteiger partial charge in [-0.3, -0.25) is 14.6 Å². The van der Waals surface area contributed by atoms with Crippen LogP contribution in [0, 0.1) is 6.92 Å². The fourth-order valence-electron chi connectivity index (χ4n) is 2.60. The molecule has 1 aromatic heterocycles. The molecule has 1 amide bonds. The molecule has 1 unspecified atom stereocenters. The molecule has 26 heavy (non-hydrogen) atoms.